The zero-order chi connectivity index (χ0) is 14.1. The van der Waals surface area contributed by atoms with E-state index in [4.69, 9.17) is 15.2 Å². The van der Waals surface area contributed by atoms with Crippen molar-refractivity contribution in [3.8, 4) is 11.5 Å². The van der Waals surface area contributed by atoms with Gasteiger partial charge in [0.2, 0.25) is 0 Å². The van der Waals surface area contributed by atoms with Crippen molar-refractivity contribution in [2.45, 2.75) is 19.4 Å². The zero-order valence-corrected chi connectivity index (χ0v) is 12.8. The van der Waals surface area contributed by atoms with Gasteiger partial charge in [-0.2, -0.15) is 0 Å². The number of rotatable bonds is 3. The lowest BCUT2D eigenvalue weighted by molar-refractivity contribution is 0.148. The summed E-state index contributed by atoms with van der Waals surface area (Å²) in [5.74, 6) is 1.73. The second-order valence-corrected chi connectivity index (χ2v) is 6.00. The first-order valence-corrected chi connectivity index (χ1v) is 7.34. The lowest BCUT2D eigenvalue weighted by Crippen LogP contribution is -2.22. The van der Waals surface area contributed by atoms with E-state index in [2.05, 4.69) is 35.0 Å². The van der Waals surface area contributed by atoms with Crippen LogP contribution in [0.5, 0.6) is 11.5 Å². The van der Waals surface area contributed by atoms with Crippen LogP contribution in [0.15, 0.2) is 40.9 Å². The summed E-state index contributed by atoms with van der Waals surface area (Å²) in [6.45, 7) is 2.61. The van der Waals surface area contributed by atoms with Gasteiger partial charge in [0.1, 0.15) is 24.2 Å². The molecule has 4 heteroatoms. The number of halogens is 1. The van der Waals surface area contributed by atoms with Gasteiger partial charge in [0.05, 0.1) is 0 Å². The first kappa shape index (κ1) is 13.3. The Labute approximate surface area is 126 Å². The number of benzene rings is 2. The van der Waals surface area contributed by atoms with Crippen LogP contribution in [0, 0.1) is 6.92 Å². The summed E-state index contributed by atoms with van der Waals surface area (Å²) in [6, 6.07) is 11.8. The quantitative estimate of drug-likeness (QED) is 0.870. The molecule has 2 aromatic carbocycles. The standard InChI is InChI=1S/C16H16BrNO2/c1-10-2-3-16-11(4-10)5-15(20-16)9-19-14-7-12(17)6-13(18)8-14/h2-4,6-8,15H,5,9,18H2,1H3. The lowest BCUT2D eigenvalue weighted by atomic mass is 10.1. The molecule has 20 heavy (non-hydrogen) atoms. The second-order valence-electron chi connectivity index (χ2n) is 5.09. The molecular weight excluding hydrogens is 318 g/mol. The maximum Gasteiger partial charge on any atom is 0.137 e. The minimum atomic E-state index is 0.0620. The average Bonchev–Trinajstić information content (AvgIpc) is 2.77. The molecule has 0 amide bonds. The molecule has 0 saturated carbocycles. The predicted molar refractivity (Wildman–Crippen MR) is 83.3 cm³/mol. The van der Waals surface area contributed by atoms with Gasteiger partial charge in [-0.3, -0.25) is 0 Å². The maximum atomic E-state index is 5.88. The van der Waals surface area contributed by atoms with E-state index in [0.29, 0.717) is 12.3 Å². The van der Waals surface area contributed by atoms with Gasteiger partial charge in [-0.15, -0.1) is 0 Å². The Morgan fingerprint density at radius 3 is 2.95 bits per heavy atom. The van der Waals surface area contributed by atoms with E-state index in [1.807, 2.05) is 24.3 Å². The zero-order valence-electron chi connectivity index (χ0n) is 11.2. The minimum absolute atomic E-state index is 0.0620. The van der Waals surface area contributed by atoms with E-state index in [1.54, 1.807) is 0 Å². The Morgan fingerprint density at radius 2 is 2.15 bits per heavy atom. The summed E-state index contributed by atoms with van der Waals surface area (Å²) in [7, 11) is 0. The normalized spacial score (nSPS) is 16.6. The molecule has 1 aliphatic heterocycles. The molecule has 1 unspecified atom stereocenters. The number of nitrogens with two attached hydrogens (primary N) is 1. The Balaban J connectivity index is 1.63. The van der Waals surface area contributed by atoms with Crippen LogP contribution in [0.4, 0.5) is 5.69 Å². The molecule has 1 atom stereocenters. The van der Waals surface area contributed by atoms with Gasteiger partial charge in [-0.25, -0.2) is 0 Å². The van der Waals surface area contributed by atoms with Crippen molar-refractivity contribution in [3.63, 3.8) is 0 Å². The molecule has 0 saturated heterocycles. The third kappa shape index (κ3) is 2.90. The van der Waals surface area contributed by atoms with Crippen LogP contribution < -0.4 is 15.2 Å². The third-order valence-corrected chi connectivity index (χ3v) is 3.74. The van der Waals surface area contributed by atoms with Gasteiger partial charge in [0.15, 0.2) is 0 Å². The molecule has 1 aliphatic rings. The largest absolute Gasteiger partial charge is 0.490 e. The third-order valence-electron chi connectivity index (χ3n) is 3.29. The lowest BCUT2D eigenvalue weighted by Gasteiger charge is -2.13. The molecule has 0 aliphatic carbocycles. The molecule has 104 valence electrons. The summed E-state index contributed by atoms with van der Waals surface area (Å²) in [5, 5.41) is 0. The van der Waals surface area contributed by atoms with Gasteiger partial charge in [0.25, 0.3) is 0 Å². The Kier molecular flexibility index (Phi) is 3.57. The Bertz CT molecular complexity index is 622. The van der Waals surface area contributed by atoms with E-state index in [0.717, 1.165) is 22.4 Å². The Hall–Kier alpha value is -1.68. The van der Waals surface area contributed by atoms with E-state index in [9.17, 15) is 0 Å². The Morgan fingerprint density at radius 1 is 1.30 bits per heavy atom. The summed E-state index contributed by atoms with van der Waals surface area (Å²) in [5.41, 5.74) is 8.98. The van der Waals surface area contributed by atoms with Crippen LogP contribution in [-0.2, 0) is 6.42 Å². The molecule has 0 fully saturated rings. The maximum absolute atomic E-state index is 5.88. The highest BCUT2D eigenvalue weighted by Crippen LogP contribution is 2.30. The van der Waals surface area contributed by atoms with Crippen molar-refractivity contribution in [3.05, 3.63) is 52.0 Å². The second kappa shape index (κ2) is 5.37. The number of fused-ring (bicyclic) bond motifs is 1. The highest BCUT2D eigenvalue weighted by molar-refractivity contribution is 9.10. The van der Waals surface area contributed by atoms with E-state index in [1.165, 1.54) is 11.1 Å². The molecule has 3 rings (SSSR count). The smallest absolute Gasteiger partial charge is 0.137 e. The predicted octanol–water partition coefficient (Wildman–Crippen LogP) is 3.72. The minimum Gasteiger partial charge on any atom is -0.490 e. The fourth-order valence-corrected chi connectivity index (χ4v) is 2.89. The molecular formula is C16H16BrNO2. The molecule has 0 radical (unpaired) electrons. The molecule has 0 spiro atoms. The molecule has 0 aromatic heterocycles. The van der Waals surface area contributed by atoms with Crippen molar-refractivity contribution in [2.75, 3.05) is 12.3 Å². The van der Waals surface area contributed by atoms with Gasteiger partial charge in [-0.05, 0) is 30.7 Å². The van der Waals surface area contributed by atoms with Crippen LogP contribution in [0.3, 0.4) is 0 Å². The summed E-state index contributed by atoms with van der Waals surface area (Å²) in [6.07, 6.45) is 0.951. The fraction of sp³-hybridized carbons (Fsp3) is 0.250. The van der Waals surface area contributed by atoms with Gasteiger partial charge >= 0.3 is 0 Å². The number of ether oxygens (including phenoxy) is 2. The first-order valence-electron chi connectivity index (χ1n) is 6.55. The van der Waals surface area contributed by atoms with Crippen molar-refractivity contribution in [1.29, 1.82) is 0 Å². The SMILES string of the molecule is Cc1ccc2c(c1)CC(COc1cc(N)cc(Br)c1)O2. The number of hydrogen-bond donors (Lipinski definition) is 1. The summed E-state index contributed by atoms with van der Waals surface area (Å²) < 4.78 is 12.6. The summed E-state index contributed by atoms with van der Waals surface area (Å²) >= 11 is 3.41. The van der Waals surface area contributed by atoms with Crippen LogP contribution in [0.25, 0.3) is 0 Å². The highest BCUT2D eigenvalue weighted by atomic mass is 79.9. The fourth-order valence-electron chi connectivity index (χ4n) is 2.40. The first-order chi connectivity index (χ1) is 9.60. The van der Waals surface area contributed by atoms with Gasteiger partial charge in [-0.1, -0.05) is 33.6 Å². The van der Waals surface area contributed by atoms with E-state index in [-0.39, 0.29) is 6.10 Å². The summed E-state index contributed by atoms with van der Waals surface area (Å²) in [4.78, 5) is 0. The van der Waals surface area contributed by atoms with Crippen LogP contribution >= 0.6 is 15.9 Å². The number of anilines is 1. The van der Waals surface area contributed by atoms with Crippen LogP contribution in [0.2, 0.25) is 0 Å². The van der Waals surface area contributed by atoms with Crippen molar-refractivity contribution in [1.82, 2.24) is 0 Å². The van der Waals surface area contributed by atoms with E-state index < -0.39 is 0 Å². The molecule has 2 aromatic rings. The van der Waals surface area contributed by atoms with Crippen LogP contribution in [0.1, 0.15) is 11.1 Å². The topological polar surface area (TPSA) is 44.5 Å². The monoisotopic (exact) mass is 333 g/mol. The molecule has 2 N–H and O–H groups in total. The number of hydrogen-bond acceptors (Lipinski definition) is 3. The molecule has 3 nitrogen and oxygen atoms in total. The number of nitrogen functional groups attached to an aromatic ring is 1. The van der Waals surface area contributed by atoms with Crippen molar-refractivity contribution < 1.29 is 9.47 Å². The van der Waals surface area contributed by atoms with Crippen molar-refractivity contribution in [2.24, 2.45) is 0 Å². The van der Waals surface area contributed by atoms with Gasteiger partial charge in [0, 0.05) is 22.6 Å². The molecule has 0 bridgehead atoms. The number of aryl methyl sites for hydroxylation is 1. The average molecular weight is 334 g/mol. The van der Waals surface area contributed by atoms with Crippen LogP contribution in [-0.4, -0.2) is 12.7 Å². The highest BCUT2D eigenvalue weighted by Gasteiger charge is 2.23. The van der Waals surface area contributed by atoms with Crippen molar-refractivity contribution >= 4 is 21.6 Å². The molecule has 1 heterocycles. The van der Waals surface area contributed by atoms with E-state index >= 15 is 0 Å². The van der Waals surface area contributed by atoms with Gasteiger partial charge < -0.3 is 15.2 Å².